The number of nitrogens with zero attached hydrogens (tertiary/aromatic N) is 2. The molecule has 0 fully saturated rings. The van der Waals surface area contributed by atoms with E-state index in [0.29, 0.717) is 58.2 Å². The van der Waals surface area contributed by atoms with Crippen molar-refractivity contribution in [3.05, 3.63) is 87.4 Å². The van der Waals surface area contributed by atoms with Gasteiger partial charge in [-0.05, 0) is 89.4 Å². The van der Waals surface area contributed by atoms with Crippen LogP contribution in [-0.2, 0) is 6.61 Å². The third-order valence-electron chi connectivity index (χ3n) is 4.61. The summed E-state index contributed by atoms with van der Waals surface area (Å²) in [6.45, 7) is 5.12. The summed E-state index contributed by atoms with van der Waals surface area (Å²) >= 11 is 3.53. The van der Waals surface area contributed by atoms with E-state index in [2.05, 4.69) is 32.5 Å². The number of hydrogen-bond acceptors (Lipinski definition) is 6. The molecule has 0 heterocycles. The highest BCUT2D eigenvalue weighted by atomic mass is 79.9. The number of nitrogens with one attached hydrogen (secondary N) is 1. The smallest absolute Gasteiger partial charge is 0.271 e. The fourth-order valence-corrected chi connectivity index (χ4v) is 3.57. The molecule has 0 aliphatic carbocycles. The number of amides is 1. The predicted octanol–water partition coefficient (Wildman–Crippen LogP) is 5.46. The van der Waals surface area contributed by atoms with Crippen LogP contribution >= 0.6 is 15.9 Å². The van der Waals surface area contributed by atoms with Crippen molar-refractivity contribution in [2.45, 2.75) is 20.5 Å². The first-order chi connectivity index (χ1) is 16.5. The molecule has 0 spiro atoms. The number of carbonyl (C=O) groups is 1. The van der Waals surface area contributed by atoms with Crippen LogP contribution in [-0.4, -0.2) is 25.3 Å². The van der Waals surface area contributed by atoms with Crippen molar-refractivity contribution in [2.24, 2.45) is 5.10 Å². The van der Waals surface area contributed by atoms with E-state index in [0.717, 1.165) is 5.56 Å². The van der Waals surface area contributed by atoms with Crippen molar-refractivity contribution in [1.29, 1.82) is 5.26 Å². The van der Waals surface area contributed by atoms with Gasteiger partial charge in [0.15, 0.2) is 11.5 Å². The molecule has 3 aromatic carbocycles. The maximum Gasteiger partial charge on any atom is 0.271 e. The summed E-state index contributed by atoms with van der Waals surface area (Å²) in [7, 11) is 0. The van der Waals surface area contributed by atoms with E-state index in [1.165, 1.54) is 6.21 Å². The molecule has 8 heteroatoms. The molecule has 0 aliphatic heterocycles. The molecule has 3 rings (SSSR count). The van der Waals surface area contributed by atoms with Gasteiger partial charge >= 0.3 is 0 Å². The molecule has 7 nitrogen and oxygen atoms in total. The predicted molar refractivity (Wildman–Crippen MR) is 133 cm³/mol. The zero-order valence-electron chi connectivity index (χ0n) is 18.9. The van der Waals surface area contributed by atoms with Gasteiger partial charge in [-0.25, -0.2) is 5.43 Å². The zero-order chi connectivity index (χ0) is 24.3. The van der Waals surface area contributed by atoms with Crippen LogP contribution in [0.2, 0.25) is 0 Å². The Balaban J connectivity index is 1.67. The molecule has 0 unspecified atom stereocenters. The van der Waals surface area contributed by atoms with Crippen LogP contribution in [0.25, 0.3) is 0 Å². The standard InChI is InChI=1S/C26H24BrN3O4/c1-3-32-22-11-9-21(10-12-22)26(31)30-29-16-20-13-23(27)25(24(14-20)33-4-2)34-17-19-7-5-18(15-28)6-8-19/h5-14,16H,3-4,17H2,1-2H3,(H,30,31)/b29-16-. The van der Waals surface area contributed by atoms with Gasteiger partial charge in [0, 0.05) is 5.56 Å². The maximum atomic E-state index is 12.3. The Hall–Kier alpha value is -3.83. The van der Waals surface area contributed by atoms with E-state index in [1.54, 1.807) is 42.5 Å². The summed E-state index contributed by atoms with van der Waals surface area (Å²) in [6, 6.07) is 19.7. The van der Waals surface area contributed by atoms with Gasteiger partial charge in [0.1, 0.15) is 12.4 Å². The van der Waals surface area contributed by atoms with Crippen molar-refractivity contribution in [2.75, 3.05) is 13.2 Å². The minimum absolute atomic E-state index is 0.315. The molecule has 0 atom stereocenters. The Morgan fingerprint density at radius 1 is 1.03 bits per heavy atom. The largest absolute Gasteiger partial charge is 0.494 e. The highest BCUT2D eigenvalue weighted by molar-refractivity contribution is 9.10. The number of nitriles is 1. The molecule has 3 aromatic rings. The normalized spacial score (nSPS) is 10.5. The second-order valence-electron chi connectivity index (χ2n) is 7.02. The fraction of sp³-hybridized carbons (Fsp3) is 0.192. The Morgan fingerprint density at radius 2 is 1.74 bits per heavy atom. The molecule has 0 bridgehead atoms. The van der Waals surface area contributed by atoms with E-state index in [-0.39, 0.29) is 5.91 Å². The first kappa shape index (κ1) is 24.8. The molecule has 0 saturated carbocycles. The minimum atomic E-state index is -0.328. The Kier molecular flexibility index (Phi) is 9.06. The molecule has 34 heavy (non-hydrogen) atoms. The van der Waals surface area contributed by atoms with Gasteiger partial charge in [0.2, 0.25) is 0 Å². The quantitative estimate of drug-likeness (QED) is 0.282. The van der Waals surface area contributed by atoms with Crippen LogP contribution in [0, 0.1) is 11.3 Å². The van der Waals surface area contributed by atoms with Crippen molar-refractivity contribution >= 4 is 28.1 Å². The summed E-state index contributed by atoms with van der Waals surface area (Å²) < 4.78 is 17.8. The molecule has 0 saturated heterocycles. The molecule has 1 amide bonds. The van der Waals surface area contributed by atoms with Gasteiger partial charge in [-0.15, -0.1) is 0 Å². The lowest BCUT2D eigenvalue weighted by atomic mass is 10.1. The molecular formula is C26H24BrN3O4. The van der Waals surface area contributed by atoms with Gasteiger partial charge < -0.3 is 14.2 Å². The molecule has 0 aromatic heterocycles. The minimum Gasteiger partial charge on any atom is -0.494 e. The number of rotatable bonds is 10. The number of carbonyl (C=O) groups excluding carboxylic acids is 1. The van der Waals surface area contributed by atoms with Gasteiger partial charge in [-0.2, -0.15) is 10.4 Å². The molecule has 174 valence electrons. The van der Waals surface area contributed by atoms with Crippen LogP contribution in [0.3, 0.4) is 0 Å². The number of ether oxygens (including phenoxy) is 3. The number of hydrazone groups is 1. The Morgan fingerprint density at radius 3 is 2.38 bits per heavy atom. The molecule has 0 aliphatic rings. The third kappa shape index (κ3) is 6.83. The summed E-state index contributed by atoms with van der Waals surface area (Å²) in [5, 5.41) is 13.0. The lowest BCUT2D eigenvalue weighted by Crippen LogP contribution is -2.17. The zero-order valence-corrected chi connectivity index (χ0v) is 20.5. The average molecular weight is 522 g/mol. The average Bonchev–Trinajstić information content (AvgIpc) is 2.84. The van der Waals surface area contributed by atoms with Gasteiger partial charge in [-0.1, -0.05) is 12.1 Å². The first-order valence-corrected chi connectivity index (χ1v) is 11.5. The van der Waals surface area contributed by atoms with Gasteiger partial charge in [0.05, 0.1) is 35.5 Å². The number of benzene rings is 3. The van der Waals surface area contributed by atoms with E-state index in [4.69, 9.17) is 19.5 Å². The topological polar surface area (TPSA) is 92.9 Å². The highest BCUT2D eigenvalue weighted by Crippen LogP contribution is 2.37. The van der Waals surface area contributed by atoms with Crippen molar-refractivity contribution < 1.29 is 19.0 Å². The second kappa shape index (κ2) is 12.4. The van der Waals surface area contributed by atoms with E-state index >= 15 is 0 Å². The van der Waals surface area contributed by atoms with Gasteiger partial charge in [0.25, 0.3) is 5.91 Å². The first-order valence-electron chi connectivity index (χ1n) is 10.7. The lowest BCUT2D eigenvalue weighted by Gasteiger charge is -2.14. The summed E-state index contributed by atoms with van der Waals surface area (Å²) in [4.78, 5) is 12.3. The summed E-state index contributed by atoms with van der Waals surface area (Å²) in [5.41, 5.74) is 5.23. The Bertz CT molecular complexity index is 1190. The van der Waals surface area contributed by atoms with E-state index in [9.17, 15) is 4.79 Å². The second-order valence-corrected chi connectivity index (χ2v) is 7.87. The molecular weight excluding hydrogens is 498 g/mol. The maximum absolute atomic E-state index is 12.3. The SMILES string of the molecule is CCOc1ccc(C(=O)N/N=C\c2cc(Br)c(OCc3ccc(C#N)cc3)c(OCC)c2)cc1. The van der Waals surface area contributed by atoms with Crippen molar-refractivity contribution in [3.63, 3.8) is 0 Å². The van der Waals surface area contributed by atoms with Crippen LogP contribution in [0.4, 0.5) is 0 Å². The van der Waals surface area contributed by atoms with Crippen LogP contribution in [0.1, 0.15) is 40.9 Å². The van der Waals surface area contributed by atoms with Crippen LogP contribution in [0.5, 0.6) is 17.2 Å². The third-order valence-corrected chi connectivity index (χ3v) is 5.19. The van der Waals surface area contributed by atoms with Crippen LogP contribution < -0.4 is 19.6 Å². The van der Waals surface area contributed by atoms with E-state index in [1.807, 2.05) is 32.0 Å². The van der Waals surface area contributed by atoms with Crippen molar-refractivity contribution in [1.82, 2.24) is 5.43 Å². The summed E-state index contributed by atoms with van der Waals surface area (Å²) in [5.74, 6) is 1.48. The monoisotopic (exact) mass is 521 g/mol. The lowest BCUT2D eigenvalue weighted by molar-refractivity contribution is 0.0955. The van der Waals surface area contributed by atoms with Crippen molar-refractivity contribution in [3.8, 4) is 23.3 Å². The Labute approximate surface area is 207 Å². The summed E-state index contributed by atoms with van der Waals surface area (Å²) in [6.07, 6.45) is 1.53. The fourth-order valence-electron chi connectivity index (χ4n) is 3.00. The molecule has 0 radical (unpaired) electrons. The van der Waals surface area contributed by atoms with Crippen LogP contribution in [0.15, 0.2) is 70.2 Å². The van der Waals surface area contributed by atoms with Gasteiger partial charge in [-0.3, -0.25) is 4.79 Å². The number of hydrogen-bond donors (Lipinski definition) is 1. The number of halogens is 1. The van der Waals surface area contributed by atoms with E-state index < -0.39 is 0 Å². The highest BCUT2D eigenvalue weighted by Gasteiger charge is 2.12. The molecule has 1 N–H and O–H groups in total.